The molecule has 11 heteroatoms. The fraction of sp³-hybridized carbons (Fsp3) is 0.406. The largest absolute Gasteiger partial charge is 0.491 e. The summed E-state index contributed by atoms with van der Waals surface area (Å²) < 4.78 is 24.8. The van der Waals surface area contributed by atoms with Gasteiger partial charge in [0, 0.05) is 49.3 Å². The Balaban J connectivity index is 1.04. The Morgan fingerprint density at radius 2 is 1.93 bits per heavy atom. The number of benzene rings is 2. The molecule has 2 aromatic heterocycles. The van der Waals surface area contributed by atoms with Crippen LogP contribution in [-0.4, -0.2) is 66.3 Å². The van der Waals surface area contributed by atoms with Crippen molar-refractivity contribution in [1.29, 1.82) is 0 Å². The second-order valence-electron chi connectivity index (χ2n) is 10.8. The molecule has 0 aliphatic carbocycles. The fourth-order valence-corrected chi connectivity index (χ4v) is 5.48. The molecule has 10 nitrogen and oxygen atoms in total. The first-order valence-electron chi connectivity index (χ1n) is 15.0. The monoisotopic (exact) mass is 605 g/mol. The van der Waals surface area contributed by atoms with Gasteiger partial charge >= 0.3 is 6.01 Å². The van der Waals surface area contributed by atoms with Crippen molar-refractivity contribution < 1.29 is 23.4 Å². The molecule has 1 amide bonds. The molecule has 2 aliphatic rings. The van der Waals surface area contributed by atoms with Gasteiger partial charge in [-0.2, -0.15) is 4.98 Å². The van der Waals surface area contributed by atoms with Crippen molar-refractivity contribution >= 4 is 40.5 Å². The van der Waals surface area contributed by atoms with Gasteiger partial charge in [-0.25, -0.2) is 4.42 Å². The number of rotatable bonds is 13. The Bertz CT molecular complexity index is 1520. The van der Waals surface area contributed by atoms with Gasteiger partial charge in [0.1, 0.15) is 35.1 Å². The summed E-state index contributed by atoms with van der Waals surface area (Å²) in [5.41, 5.74) is 2.09. The summed E-state index contributed by atoms with van der Waals surface area (Å²) in [5, 5.41) is 2.96. The minimum atomic E-state index is -0.216. The zero-order valence-corrected chi connectivity index (χ0v) is 24.8. The van der Waals surface area contributed by atoms with Gasteiger partial charge in [0.2, 0.25) is 0 Å². The molecule has 0 saturated carbocycles. The molecule has 2 aliphatic heterocycles. The minimum Gasteiger partial charge on any atom is -0.491 e. The Morgan fingerprint density at radius 1 is 1.05 bits per heavy atom. The van der Waals surface area contributed by atoms with Crippen LogP contribution in [0.3, 0.4) is 0 Å². The van der Waals surface area contributed by atoms with E-state index < -0.39 is 0 Å². The summed E-state index contributed by atoms with van der Waals surface area (Å²) in [6.07, 6.45) is 8.36. The molecule has 0 radical (unpaired) electrons. The Morgan fingerprint density at radius 3 is 2.79 bits per heavy atom. The van der Waals surface area contributed by atoms with Crippen LogP contribution in [0.25, 0.3) is 11.1 Å². The molecule has 1 unspecified atom stereocenters. The molecule has 1 N–H and O–H groups in total. The second kappa shape index (κ2) is 14.1. The van der Waals surface area contributed by atoms with E-state index in [1.165, 1.54) is 30.4 Å². The SMILES string of the molecule is O=C(NCCCCN1CCCC1)c1cc(Oc2ccc3oc(N(Cl)c4cccc(OCC5CCCO5)c4)nc3c2)ccn1. The van der Waals surface area contributed by atoms with Crippen LogP contribution in [0.5, 0.6) is 17.2 Å². The maximum Gasteiger partial charge on any atom is 0.318 e. The third kappa shape index (κ3) is 7.76. The summed E-state index contributed by atoms with van der Waals surface area (Å²) in [4.78, 5) is 23.9. The van der Waals surface area contributed by atoms with E-state index in [4.69, 9.17) is 30.4 Å². The van der Waals surface area contributed by atoms with Crippen molar-refractivity contribution in [2.75, 3.05) is 43.8 Å². The summed E-state index contributed by atoms with van der Waals surface area (Å²) in [7, 11) is 0. The third-order valence-electron chi connectivity index (χ3n) is 7.60. The van der Waals surface area contributed by atoms with Crippen molar-refractivity contribution in [3.63, 3.8) is 0 Å². The Labute approximate surface area is 256 Å². The number of ether oxygens (including phenoxy) is 3. The molecule has 0 spiro atoms. The number of nitrogens with one attached hydrogen (secondary N) is 1. The quantitative estimate of drug-likeness (QED) is 0.136. The van der Waals surface area contributed by atoms with E-state index in [0.717, 1.165) is 38.8 Å². The maximum atomic E-state index is 12.7. The molecular weight excluding hydrogens is 570 g/mol. The van der Waals surface area contributed by atoms with Gasteiger partial charge < -0.3 is 28.8 Å². The van der Waals surface area contributed by atoms with E-state index in [0.29, 0.717) is 52.9 Å². The zero-order chi connectivity index (χ0) is 29.4. The molecule has 226 valence electrons. The number of anilines is 2. The van der Waals surface area contributed by atoms with Crippen LogP contribution in [0.2, 0.25) is 0 Å². The lowest BCUT2D eigenvalue weighted by atomic mass is 10.2. The van der Waals surface area contributed by atoms with E-state index in [9.17, 15) is 4.79 Å². The number of fused-ring (bicyclic) bond motifs is 1. The van der Waals surface area contributed by atoms with Gasteiger partial charge in [-0.3, -0.25) is 9.78 Å². The number of pyridine rings is 1. The van der Waals surface area contributed by atoms with Gasteiger partial charge in [-0.05, 0) is 88.5 Å². The number of likely N-dealkylation sites (tertiary alicyclic amines) is 1. The number of nitrogens with zero attached hydrogens (tertiary/aromatic N) is 4. The highest BCUT2D eigenvalue weighted by molar-refractivity contribution is 6.28. The van der Waals surface area contributed by atoms with Crippen LogP contribution >= 0.6 is 11.8 Å². The average Bonchev–Trinajstić information content (AvgIpc) is 3.82. The third-order valence-corrected chi connectivity index (χ3v) is 7.94. The number of hydrogen-bond donors (Lipinski definition) is 1. The summed E-state index contributed by atoms with van der Waals surface area (Å²) >= 11 is 6.62. The lowest BCUT2D eigenvalue weighted by molar-refractivity contribution is 0.0680. The van der Waals surface area contributed by atoms with Gasteiger partial charge in [-0.1, -0.05) is 6.07 Å². The number of aromatic nitrogens is 2. The molecule has 43 heavy (non-hydrogen) atoms. The smallest absolute Gasteiger partial charge is 0.318 e. The number of unbranched alkanes of at least 4 members (excludes halogenated alkanes) is 1. The van der Waals surface area contributed by atoms with Crippen molar-refractivity contribution in [3.05, 3.63) is 66.5 Å². The summed E-state index contributed by atoms with van der Waals surface area (Å²) in [6, 6.07) is 16.3. The van der Waals surface area contributed by atoms with Crippen LogP contribution in [-0.2, 0) is 4.74 Å². The highest BCUT2D eigenvalue weighted by Gasteiger charge is 2.19. The van der Waals surface area contributed by atoms with E-state index in [1.807, 2.05) is 24.3 Å². The van der Waals surface area contributed by atoms with E-state index in [1.54, 1.807) is 36.5 Å². The fourth-order valence-electron chi connectivity index (χ4n) is 5.31. The predicted octanol–water partition coefficient (Wildman–Crippen LogP) is 6.47. The van der Waals surface area contributed by atoms with Crippen molar-refractivity contribution in [2.24, 2.45) is 0 Å². The maximum absolute atomic E-state index is 12.7. The number of carbonyl (C=O) groups excluding carboxylic acids is 1. The van der Waals surface area contributed by atoms with Crippen molar-refractivity contribution in [1.82, 2.24) is 20.2 Å². The lowest BCUT2D eigenvalue weighted by Crippen LogP contribution is -2.26. The topological polar surface area (TPSA) is 102 Å². The van der Waals surface area contributed by atoms with E-state index in [-0.39, 0.29) is 18.0 Å². The Hall–Kier alpha value is -3.86. The second-order valence-corrected chi connectivity index (χ2v) is 11.2. The first-order valence-corrected chi connectivity index (χ1v) is 15.3. The predicted molar refractivity (Wildman–Crippen MR) is 164 cm³/mol. The summed E-state index contributed by atoms with van der Waals surface area (Å²) in [5.74, 6) is 1.51. The Kier molecular flexibility index (Phi) is 9.56. The van der Waals surface area contributed by atoms with Crippen molar-refractivity contribution in [3.8, 4) is 17.2 Å². The normalized spacial score (nSPS) is 16.9. The molecule has 6 rings (SSSR count). The highest BCUT2D eigenvalue weighted by Crippen LogP contribution is 2.34. The zero-order valence-electron chi connectivity index (χ0n) is 24.0. The van der Waals surface area contributed by atoms with Gasteiger partial charge in [0.05, 0.1) is 11.8 Å². The number of halogens is 1. The van der Waals surface area contributed by atoms with Crippen LogP contribution in [0.15, 0.2) is 65.2 Å². The van der Waals surface area contributed by atoms with Crippen LogP contribution in [0.1, 0.15) is 49.0 Å². The number of oxazole rings is 1. The standard InChI is InChI=1S/C32H36ClN5O5/c33-38(23-7-5-8-24(19-23)41-22-27-9-6-18-40-27)32-36-28-20-25(10-11-30(28)43-32)42-26-12-14-34-29(21-26)31(39)35-13-1-2-15-37-16-3-4-17-37/h5,7-8,10-12,14,19-21,27H,1-4,6,9,13,15-18,22H2,(H,35,39). The average molecular weight is 606 g/mol. The molecular formula is C32H36ClN5O5. The van der Waals surface area contributed by atoms with Crippen LogP contribution < -0.4 is 19.2 Å². The minimum absolute atomic E-state index is 0.124. The van der Waals surface area contributed by atoms with Crippen LogP contribution in [0, 0.1) is 0 Å². The van der Waals surface area contributed by atoms with Crippen LogP contribution in [0.4, 0.5) is 11.7 Å². The molecule has 2 saturated heterocycles. The van der Waals surface area contributed by atoms with E-state index >= 15 is 0 Å². The molecule has 2 fully saturated rings. The molecule has 0 bridgehead atoms. The van der Waals surface area contributed by atoms with E-state index in [2.05, 4.69) is 20.2 Å². The van der Waals surface area contributed by atoms with Gasteiger partial charge in [0.25, 0.3) is 5.91 Å². The first-order chi connectivity index (χ1) is 21.1. The van der Waals surface area contributed by atoms with Crippen molar-refractivity contribution in [2.45, 2.75) is 44.6 Å². The first kappa shape index (κ1) is 29.2. The molecule has 1 atom stereocenters. The molecule has 2 aromatic carbocycles. The molecule has 4 aromatic rings. The number of carbonyl (C=O) groups is 1. The number of amides is 1. The lowest BCUT2D eigenvalue weighted by Gasteiger charge is -2.14. The number of hydrogen-bond acceptors (Lipinski definition) is 9. The summed E-state index contributed by atoms with van der Waals surface area (Å²) in [6.45, 7) is 5.39. The molecule has 4 heterocycles. The van der Waals surface area contributed by atoms with Gasteiger partial charge in [-0.15, -0.1) is 0 Å². The van der Waals surface area contributed by atoms with Gasteiger partial charge in [0.15, 0.2) is 5.58 Å². The highest BCUT2D eigenvalue weighted by atomic mass is 35.5.